The van der Waals surface area contributed by atoms with E-state index in [1.54, 1.807) is 30.3 Å². The number of carbonyl (C=O) groups excluding carboxylic acids is 1. The Morgan fingerprint density at radius 3 is 2.62 bits per heavy atom. The minimum Gasteiger partial charge on any atom is -0.489 e. The topological polar surface area (TPSA) is 73.6 Å². The third-order valence-corrected chi connectivity index (χ3v) is 3.31. The first kappa shape index (κ1) is 17.6. The zero-order valence-corrected chi connectivity index (χ0v) is 13.5. The summed E-state index contributed by atoms with van der Waals surface area (Å²) >= 11 is 0. The molecule has 0 aliphatic carbocycles. The van der Waals surface area contributed by atoms with E-state index in [1.807, 2.05) is 6.92 Å². The minimum atomic E-state index is -0.532. The van der Waals surface area contributed by atoms with Crippen molar-refractivity contribution in [1.82, 2.24) is 0 Å². The lowest BCUT2D eigenvalue weighted by atomic mass is 10.2. The zero-order chi connectivity index (χ0) is 17.4. The molecule has 2 aromatic rings. The molecule has 0 aliphatic rings. The van der Waals surface area contributed by atoms with Gasteiger partial charge < -0.3 is 15.2 Å². The number of benzene rings is 2. The molecule has 0 saturated carbocycles. The third-order valence-electron chi connectivity index (χ3n) is 3.31. The molecular formula is C18H21FN2O3. The fourth-order valence-corrected chi connectivity index (χ4v) is 1.95. The van der Waals surface area contributed by atoms with Crippen molar-refractivity contribution >= 4 is 17.5 Å². The predicted molar refractivity (Wildman–Crippen MR) is 91.5 cm³/mol. The first-order valence-electron chi connectivity index (χ1n) is 7.79. The molecule has 5 nitrogen and oxygen atoms in total. The highest BCUT2D eigenvalue weighted by Crippen LogP contribution is 2.25. The van der Waals surface area contributed by atoms with Gasteiger partial charge in [0.05, 0.1) is 18.0 Å². The minimum absolute atomic E-state index is 0.288. The standard InChI is InChI=1S/C18H21FN2O3/c1-2-3-10-23-18(22)21-17-9-8-15(11-16(17)20)24-12-13-4-6-14(19)7-5-13/h4-9,11H,2-3,10,12,20H2,1H3,(H,21,22). The molecule has 1 amide bonds. The second kappa shape index (κ2) is 8.76. The summed E-state index contributed by atoms with van der Waals surface area (Å²) in [7, 11) is 0. The van der Waals surface area contributed by atoms with Crippen LogP contribution >= 0.6 is 0 Å². The maximum atomic E-state index is 12.8. The molecule has 2 rings (SSSR count). The van der Waals surface area contributed by atoms with Crippen molar-refractivity contribution < 1.29 is 18.7 Å². The molecule has 0 bridgehead atoms. The van der Waals surface area contributed by atoms with Gasteiger partial charge in [-0.25, -0.2) is 9.18 Å². The van der Waals surface area contributed by atoms with Crippen molar-refractivity contribution in [2.24, 2.45) is 0 Å². The van der Waals surface area contributed by atoms with Gasteiger partial charge in [-0.05, 0) is 36.2 Å². The monoisotopic (exact) mass is 332 g/mol. The summed E-state index contributed by atoms with van der Waals surface area (Å²) in [6, 6.07) is 11.0. The maximum Gasteiger partial charge on any atom is 0.411 e. The Balaban J connectivity index is 1.89. The average molecular weight is 332 g/mol. The number of hydrogen-bond donors (Lipinski definition) is 2. The van der Waals surface area contributed by atoms with Crippen molar-refractivity contribution in [3.05, 3.63) is 53.8 Å². The van der Waals surface area contributed by atoms with Crippen LogP contribution in [0.1, 0.15) is 25.3 Å². The number of rotatable bonds is 7. The molecule has 24 heavy (non-hydrogen) atoms. The molecule has 0 radical (unpaired) electrons. The second-order valence-electron chi connectivity index (χ2n) is 5.28. The summed E-state index contributed by atoms with van der Waals surface area (Å²) in [4.78, 5) is 11.6. The van der Waals surface area contributed by atoms with Crippen molar-refractivity contribution in [2.45, 2.75) is 26.4 Å². The van der Waals surface area contributed by atoms with Crippen molar-refractivity contribution in [2.75, 3.05) is 17.7 Å². The number of nitrogens with one attached hydrogen (secondary N) is 1. The maximum absolute atomic E-state index is 12.8. The fourth-order valence-electron chi connectivity index (χ4n) is 1.95. The van der Waals surface area contributed by atoms with E-state index in [0.29, 0.717) is 30.3 Å². The van der Waals surface area contributed by atoms with Crippen molar-refractivity contribution in [1.29, 1.82) is 0 Å². The molecule has 0 fully saturated rings. The highest BCUT2D eigenvalue weighted by molar-refractivity contribution is 5.89. The van der Waals surface area contributed by atoms with Crippen molar-refractivity contribution in [3.63, 3.8) is 0 Å². The largest absolute Gasteiger partial charge is 0.489 e. The molecule has 6 heteroatoms. The number of unbranched alkanes of at least 4 members (excludes halogenated alkanes) is 1. The molecular weight excluding hydrogens is 311 g/mol. The molecule has 0 atom stereocenters. The van der Waals surface area contributed by atoms with Gasteiger partial charge in [0, 0.05) is 6.07 Å². The first-order valence-corrected chi connectivity index (χ1v) is 7.79. The second-order valence-corrected chi connectivity index (χ2v) is 5.28. The Hall–Kier alpha value is -2.76. The van der Waals surface area contributed by atoms with E-state index in [0.717, 1.165) is 18.4 Å². The lowest BCUT2D eigenvalue weighted by Gasteiger charge is -2.11. The number of amides is 1. The van der Waals surface area contributed by atoms with Crippen LogP contribution in [-0.2, 0) is 11.3 Å². The fraction of sp³-hybridized carbons (Fsp3) is 0.278. The number of anilines is 2. The predicted octanol–water partition coefficient (Wildman–Crippen LogP) is 4.34. The van der Waals surface area contributed by atoms with Crippen LogP contribution in [0.2, 0.25) is 0 Å². The van der Waals surface area contributed by atoms with Crippen LogP contribution in [0.15, 0.2) is 42.5 Å². The van der Waals surface area contributed by atoms with Crippen LogP contribution < -0.4 is 15.8 Å². The van der Waals surface area contributed by atoms with Crippen LogP contribution in [-0.4, -0.2) is 12.7 Å². The van der Waals surface area contributed by atoms with Crippen LogP contribution in [0.4, 0.5) is 20.6 Å². The van der Waals surface area contributed by atoms with Gasteiger partial charge in [0.1, 0.15) is 18.2 Å². The lowest BCUT2D eigenvalue weighted by molar-refractivity contribution is 0.160. The summed E-state index contributed by atoms with van der Waals surface area (Å²) in [6.07, 6.45) is 1.24. The van der Waals surface area contributed by atoms with Gasteiger partial charge in [-0.15, -0.1) is 0 Å². The molecule has 0 heterocycles. The molecule has 0 spiro atoms. The number of nitrogens with two attached hydrogens (primary N) is 1. The normalized spacial score (nSPS) is 10.2. The Bertz CT molecular complexity index is 674. The Morgan fingerprint density at radius 2 is 1.96 bits per heavy atom. The quantitative estimate of drug-likeness (QED) is 0.584. The van der Waals surface area contributed by atoms with Gasteiger partial charge >= 0.3 is 6.09 Å². The van der Waals surface area contributed by atoms with E-state index in [2.05, 4.69) is 5.32 Å². The third kappa shape index (κ3) is 5.46. The first-order chi connectivity index (χ1) is 11.6. The number of ether oxygens (including phenoxy) is 2. The summed E-state index contributed by atoms with van der Waals surface area (Å²) < 4.78 is 23.5. The van der Waals surface area contributed by atoms with E-state index in [9.17, 15) is 9.18 Å². The van der Waals surface area contributed by atoms with Crippen LogP contribution in [0.3, 0.4) is 0 Å². The Labute approximate surface area is 140 Å². The molecule has 2 aromatic carbocycles. The van der Waals surface area contributed by atoms with Crippen molar-refractivity contribution in [3.8, 4) is 5.75 Å². The van der Waals surface area contributed by atoms with Gasteiger partial charge in [-0.1, -0.05) is 25.5 Å². The Morgan fingerprint density at radius 1 is 1.21 bits per heavy atom. The zero-order valence-electron chi connectivity index (χ0n) is 13.5. The van der Waals surface area contributed by atoms with Gasteiger partial charge in [0.25, 0.3) is 0 Å². The van der Waals surface area contributed by atoms with Gasteiger partial charge in [-0.2, -0.15) is 0 Å². The van der Waals surface area contributed by atoms with E-state index >= 15 is 0 Å². The molecule has 0 aliphatic heterocycles. The Kier molecular flexibility index (Phi) is 6.42. The highest BCUT2D eigenvalue weighted by Gasteiger charge is 2.07. The van der Waals surface area contributed by atoms with Gasteiger partial charge in [0.2, 0.25) is 0 Å². The lowest BCUT2D eigenvalue weighted by Crippen LogP contribution is -2.15. The summed E-state index contributed by atoms with van der Waals surface area (Å²) in [5, 5.41) is 2.59. The molecule has 0 aromatic heterocycles. The molecule has 0 saturated heterocycles. The highest BCUT2D eigenvalue weighted by atomic mass is 19.1. The number of halogens is 1. The number of nitrogen functional groups attached to an aromatic ring is 1. The average Bonchev–Trinajstić information content (AvgIpc) is 2.57. The van der Waals surface area contributed by atoms with E-state index in [-0.39, 0.29) is 5.82 Å². The molecule has 0 unspecified atom stereocenters. The van der Waals surface area contributed by atoms with Gasteiger partial charge in [-0.3, -0.25) is 5.32 Å². The summed E-state index contributed by atoms with van der Waals surface area (Å²) in [5.41, 5.74) is 7.60. The van der Waals surface area contributed by atoms with Gasteiger partial charge in [0.15, 0.2) is 0 Å². The van der Waals surface area contributed by atoms with Crippen LogP contribution in [0.25, 0.3) is 0 Å². The molecule has 128 valence electrons. The van der Waals surface area contributed by atoms with Crippen LogP contribution in [0.5, 0.6) is 5.75 Å². The SMILES string of the molecule is CCCCOC(=O)Nc1ccc(OCc2ccc(F)cc2)cc1N. The number of carbonyl (C=O) groups is 1. The van der Waals surface area contributed by atoms with E-state index in [1.165, 1.54) is 12.1 Å². The van der Waals surface area contributed by atoms with E-state index < -0.39 is 6.09 Å². The smallest absolute Gasteiger partial charge is 0.411 e. The summed E-state index contributed by atoms with van der Waals surface area (Å²) in [6.45, 7) is 2.69. The van der Waals surface area contributed by atoms with E-state index in [4.69, 9.17) is 15.2 Å². The van der Waals surface area contributed by atoms with Crippen LogP contribution in [0, 0.1) is 5.82 Å². The summed E-state index contributed by atoms with van der Waals surface area (Å²) in [5.74, 6) is 0.269. The number of hydrogen-bond acceptors (Lipinski definition) is 4. The molecule has 3 N–H and O–H groups in total.